The van der Waals surface area contributed by atoms with E-state index in [-0.39, 0.29) is 0 Å². The van der Waals surface area contributed by atoms with Crippen LogP contribution in [0.4, 0.5) is 0 Å². The maximum Gasteiger partial charge on any atom is 0.00108 e. The Morgan fingerprint density at radius 2 is 1.60 bits per heavy atom. The van der Waals surface area contributed by atoms with Crippen LogP contribution in [-0.2, 0) is 6.42 Å². The Balaban J connectivity index is 2.73. The van der Waals surface area contributed by atoms with E-state index >= 15 is 0 Å². The minimum absolute atomic E-state index is 0.411. The van der Waals surface area contributed by atoms with Crippen molar-refractivity contribution in [1.29, 1.82) is 0 Å². The second kappa shape index (κ2) is 8.46. The largest absolute Gasteiger partial charge is 0.316 e. The maximum absolute atomic E-state index is 3.63. The van der Waals surface area contributed by atoms with E-state index in [2.05, 4.69) is 64.2 Å². The molecule has 0 saturated carbocycles. The molecule has 1 aromatic rings. The monoisotopic (exact) mass is 275 g/mol. The number of hydrogen-bond acceptors (Lipinski definition) is 1. The molecule has 0 saturated heterocycles. The minimum atomic E-state index is 0.411. The second-order valence-electron chi connectivity index (χ2n) is 6.46. The van der Waals surface area contributed by atoms with Crippen molar-refractivity contribution >= 4 is 0 Å². The first kappa shape index (κ1) is 17.2. The summed E-state index contributed by atoms with van der Waals surface area (Å²) in [7, 11) is 0. The molecule has 0 aromatic heterocycles. The van der Waals surface area contributed by atoms with Crippen molar-refractivity contribution in [1.82, 2.24) is 5.32 Å². The van der Waals surface area contributed by atoms with Crippen molar-refractivity contribution < 1.29 is 0 Å². The van der Waals surface area contributed by atoms with E-state index in [1.165, 1.54) is 36.8 Å². The van der Waals surface area contributed by atoms with Gasteiger partial charge in [-0.25, -0.2) is 0 Å². The molecule has 0 unspecified atom stereocenters. The summed E-state index contributed by atoms with van der Waals surface area (Å²) in [5, 5.41) is 3.63. The van der Waals surface area contributed by atoms with E-state index in [1.54, 1.807) is 0 Å². The highest BCUT2D eigenvalue weighted by Crippen LogP contribution is 2.30. The molecule has 1 aromatic carbocycles. The summed E-state index contributed by atoms with van der Waals surface area (Å²) in [6.45, 7) is 13.7. The summed E-state index contributed by atoms with van der Waals surface area (Å²) < 4.78 is 0. The Kier molecular flexibility index (Phi) is 7.29. The average Bonchev–Trinajstić information content (AvgIpc) is 2.47. The summed E-state index contributed by atoms with van der Waals surface area (Å²) in [6.07, 6.45) is 4.89. The van der Waals surface area contributed by atoms with Gasteiger partial charge in [0.05, 0.1) is 0 Å². The zero-order chi connectivity index (χ0) is 15.0. The Morgan fingerprint density at radius 3 is 2.05 bits per heavy atom. The normalized spacial score (nSPS) is 12.1. The van der Waals surface area contributed by atoms with Gasteiger partial charge >= 0.3 is 0 Å². The molecule has 0 aliphatic carbocycles. The first-order chi connectivity index (χ1) is 9.56. The van der Waals surface area contributed by atoms with Gasteiger partial charge in [0.2, 0.25) is 0 Å². The van der Waals surface area contributed by atoms with E-state index in [1.807, 2.05) is 0 Å². The first-order valence-electron chi connectivity index (χ1n) is 8.36. The third kappa shape index (κ3) is 4.94. The highest BCUT2D eigenvalue weighted by molar-refractivity contribution is 5.25. The number of rotatable bonds is 9. The van der Waals surface area contributed by atoms with Gasteiger partial charge in [-0.15, -0.1) is 0 Å². The summed E-state index contributed by atoms with van der Waals surface area (Å²) in [5.41, 5.74) is 3.34. The van der Waals surface area contributed by atoms with Gasteiger partial charge in [-0.05, 0) is 54.7 Å². The molecule has 1 rings (SSSR count). The van der Waals surface area contributed by atoms with E-state index in [0.29, 0.717) is 11.3 Å². The Labute approximate surface area is 126 Å². The molecule has 0 heterocycles. The third-order valence-electron chi connectivity index (χ3n) is 4.65. The summed E-state index contributed by atoms with van der Waals surface area (Å²) >= 11 is 0. The summed E-state index contributed by atoms with van der Waals surface area (Å²) in [6, 6.07) is 9.26. The molecular formula is C19H33N. The summed E-state index contributed by atoms with van der Waals surface area (Å²) in [5.74, 6) is 0.623. The van der Waals surface area contributed by atoms with Crippen LogP contribution in [0.25, 0.3) is 0 Å². The summed E-state index contributed by atoms with van der Waals surface area (Å²) in [4.78, 5) is 0. The van der Waals surface area contributed by atoms with Crippen LogP contribution in [0.3, 0.4) is 0 Å². The molecular weight excluding hydrogens is 242 g/mol. The van der Waals surface area contributed by atoms with Crippen molar-refractivity contribution in [2.45, 2.75) is 66.2 Å². The van der Waals surface area contributed by atoms with Gasteiger partial charge < -0.3 is 5.32 Å². The van der Waals surface area contributed by atoms with Gasteiger partial charge in [0, 0.05) is 6.54 Å². The molecule has 1 heteroatoms. The Bertz CT molecular complexity index is 360. The van der Waals surface area contributed by atoms with Gasteiger partial charge in [-0.1, -0.05) is 58.9 Å². The topological polar surface area (TPSA) is 12.0 Å². The molecule has 0 spiro atoms. The van der Waals surface area contributed by atoms with E-state index < -0.39 is 0 Å². The average molecular weight is 275 g/mol. The molecule has 0 aliphatic rings. The fourth-order valence-electron chi connectivity index (χ4n) is 2.80. The SMILES string of the molecule is CCCNCC(CC)(CC)Cc1ccc(C(C)C)cc1. The molecule has 0 aliphatic heterocycles. The lowest BCUT2D eigenvalue weighted by atomic mass is 9.76. The Morgan fingerprint density at radius 1 is 1.00 bits per heavy atom. The van der Waals surface area contributed by atoms with Crippen molar-refractivity contribution in [2.75, 3.05) is 13.1 Å². The highest BCUT2D eigenvalue weighted by Gasteiger charge is 2.25. The van der Waals surface area contributed by atoms with Crippen molar-refractivity contribution in [3.63, 3.8) is 0 Å². The van der Waals surface area contributed by atoms with Crippen molar-refractivity contribution in [2.24, 2.45) is 5.41 Å². The maximum atomic E-state index is 3.63. The lowest BCUT2D eigenvalue weighted by Gasteiger charge is -2.32. The number of hydrogen-bond donors (Lipinski definition) is 1. The van der Waals surface area contributed by atoms with Crippen LogP contribution >= 0.6 is 0 Å². The molecule has 1 N–H and O–H groups in total. The number of nitrogens with one attached hydrogen (secondary N) is 1. The van der Waals surface area contributed by atoms with Crippen molar-refractivity contribution in [3.05, 3.63) is 35.4 Å². The zero-order valence-electron chi connectivity index (χ0n) is 14.1. The molecule has 0 amide bonds. The van der Waals surface area contributed by atoms with Gasteiger partial charge in [-0.3, -0.25) is 0 Å². The zero-order valence-corrected chi connectivity index (χ0v) is 14.1. The Hall–Kier alpha value is -0.820. The molecule has 114 valence electrons. The van der Waals surface area contributed by atoms with Crippen LogP contribution < -0.4 is 5.32 Å². The fraction of sp³-hybridized carbons (Fsp3) is 0.684. The van der Waals surface area contributed by atoms with Crippen molar-refractivity contribution in [3.8, 4) is 0 Å². The molecule has 0 fully saturated rings. The van der Waals surface area contributed by atoms with Crippen LogP contribution in [0.5, 0.6) is 0 Å². The number of benzene rings is 1. The van der Waals surface area contributed by atoms with Gasteiger partial charge in [0.15, 0.2) is 0 Å². The van der Waals surface area contributed by atoms with Gasteiger partial charge in [0.1, 0.15) is 0 Å². The van der Waals surface area contributed by atoms with Crippen LogP contribution in [-0.4, -0.2) is 13.1 Å². The van der Waals surface area contributed by atoms with Crippen LogP contribution in [0.2, 0.25) is 0 Å². The molecule has 1 nitrogen and oxygen atoms in total. The van der Waals surface area contributed by atoms with Crippen LogP contribution in [0, 0.1) is 5.41 Å². The predicted molar refractivity (Wildman–Crippen MR) is 90.4 cm³/mol. The van der Waals surface area contributed by atoms with E-state index in [4.69, 9.17) is 0 Å². The lowest BCUT2D eigenvalue weighted by Crippen LogP contribution is -2.35. The highest BCUT2D eigenvalue weighted by atomic mass is 14.9. The van der Waals surface area contributed by atoms with Gasteiger partial charge in [0.25, 0.3) is 0 Å². The second-order valence-corrected chi connectivity index (χ2v) is 6.46. The molecule has 0 bridgehead atoms. The first-order valence-corrected chi connectivity index (χ1v) is 8.36. The van der Waals surface area contributed by atoms with Crippen LogP contribution in [0.15, 0.2) is 24.3 Å². The quantitative estimate of drug-likeness (QED) is 0.614. The minimum Gasteiger partial charge on any atom is -0.316 e. The van der Waals surface area contributed by atoms with Gasteiger partial charge in [-0.2, -0.15) is 0 Å². The lowest BCUT2D eigenvalue weighted by molar-refractivity contribution is 0.247. The van der Waals surface area contributed by atoms with Crippen LogP contribution in [0.1, 0.15) is 70.9 Å². The smallest absolute Gasteiger partial charge is 0.00108 e. The fourth-order valence-corrected chi connectivity index (χ4v) is 2.80. The van der Waals surface area contributed by atoms with E-state index in [9.17, 15) is 0 Å². The molecule has 0 atom stereocenters. The predicted octanol–water partition coefficient (Wildman–Crippen LogP) is 5.16. The standard InChI is InChI=1S/C19H33N/c1-6-13-20-15-19(7-2,8-3)14-17-9-11-18(12-10-17)16(4)5/h9-12,16,20H,6-8,13-15H2,1-5H3. The third-order valence-corrected chi connectivity index (χ3v) is 4.65. The molecule has 0 radical (unpaired) electrons. The van der Waals surface area contributed by atoms with E-state index in [0.717, 1.165) is 13.1 Å². The molecule has 20 heavy (non-hydrogen) atoms.